The molecule has 2 aromatic rings. The number of halogens is 1. The molecule has 4 rings (SSSR count). The van der Waals surface area contributed by atoms with Gasteiger partial charge in [0.1, 0.15) is 11.3 Å². The van der Waals surface area contributed by atoms with Crippen molar-refractivity contribution in [2.45, 2.75) is 31.8 Å². The Morgan fingerprint density at radius 3 is 2.38 bits per heavy atom. The van der Waals surface area contributed by atoms with Crippen LogP contribution in [0.25, 0.3) is 0 Å². The summed E-state index contributed by atoms with van der Waals surface area (Å²) in [5.74, 6) is -3.44. The Morgan fingerprint density at radius 2 is 1.81 bits per heavy atom. The third kappa shape index (κ3) is 3.36. The topological polar surface area (TPSA) is 95.9 Å². The number of carbonyl (C=O) groups is 3. The number of carbonyl (C=O) groups excluding carboxylic acids is 2. The first-order valence-corrected chi connectivity index (χ1v) is 10.9. The van der Waals surface area contributed by atoms with Gasteiger partial charge in [0, 0.05) is 6.04 Å². The Balaban J connectivity index is 1.86. The highest BCUT2D eigenvalue weighted by Gasteiger charge is 2.68. The lowest BCUT2D eigenvalue weighted by atomic mass is 9.75. The molecule has 168 valence electrons. The predicted molar refractivity (Wildman–Crippen MR) is 120 cm³/mol. The molecule has 0 spiro atoms. The molecule has 32 heavy (non-hydrogen) atoms. The third-order valence-electron chi connectivity index (χ3n) is 6.33. The molecule has 0 radical (unpaired) electrons. The number of hydrogen-bond acceptors (Lipinski definition) is 5. The number of rotatable bonds is 6. The van der Waals surface area contributed by atoms with Gasteiger partial charge in [0.2, 0.25) is 11.8 Å². The average molecular weight is 457 g/mol. The number of ether oxygens (including phenoxy) is 1. The summed E-state index contributed by atoms with van der Waals surface area (Å²) in [6.07, 6.45) is 0.200. The summed E-state index contributed by atoms with van der Waals surface area (Å²) in [6, 6.07) is 13.0. The SMILES string of the molecule is COc1ccc(C2NC(CC(C)C)(C(=O)O)C3C(=O)N(c4ccccc4Cl)C(=O)C23)cc1. The fraction of sp³-hybridized carbons (Fsp3) is 0.375. The Bertz CT molecular complexity index is 1070. The molecule has 0 bridgehead atoms. The van der Waals surface area contributed by atoms with Gasteiger partial charge in [0.15, 0.2) is 0 Å². The lowest BCUT2D eigenvalue weighted by Gasteiger charge is -2.32. The first-order chi connectivity index (χ1) is 15.2. The van der Waals surface area contributed by atoms with E-state index in [9.17, 15) is 19.5 Å². The van der Waals surface area contributed by atoms with E-state index in [2.05, 4.69) is 5.32 Å². The van der Waals surface area contributed by atoms with E-state index < -0.39 is 41.2 Å². The Hall–Kier alpha value is -2.90. The second-order valence-corrected chi connectivity index (χ2v) is 9.14. The molecule has 2 heterocycles. The zero-order valence-electron chi connectivity index (χ0n) is 18.0. The minimum absolute atomic E-state index is 0.0221. The molecule has 0 aromatic heterocycles. The number of carboxylic acids is 1. The normalized spacial score (nSPS) is 27.2. The van der Waals surface area contributed by atoms with Gasteiger partial charge >= 0.3 is 5.97 Å². The molecule has 4 unspecified atom stereocenters. The first kappa shape index (κ1) is 22.3. The van der Waals surface area contributed by atoms with Crippen molar-refractivity contribution in [3.8, 4) is 5.75 Å². The van der Waals surface area contributed by atoms with Crippen LogP contribution in [0.4, 0.5) is 5.69 Å². The molecule has 2 fully saturated rings. The van der Waals surface area contributed by atoms with Crippen LogP contribution in [0.3, 0.4) is 0 Å². The van der Waals surface area contributed by atoms with Gasteiger partial charge in [-0.05, 0) is 42.2 Å². The Kier molecular flexibility index (Phi) is 5.73. The highest BCUT2D eigenvalue weighted by atomic mass is 35.5. The van der Waals surface area contributed by atoms with Crippen molar-refractivity contribution >= 4 is 35.1 Å². The van der Waals surface area contributed by atoms with Crippen molar-refractivity contribution in [1.29, 1.82) is 0 Å². The highest BCUT2D eigenvalue weighted by Crippen LogP contribution is 2.52. The van der Waals surface area contributed by atoms with Crippen molar-refractivity contribution < 1.29 is 24.2 Å². The summed E-state index contributed by atoms with van der Waals surface area (Å²) in [4.78, 5) is 41.0. The minimum atomic E-state index is -1.58. The van der Waals surface area contributed by atoms with Crippen LogP contribution in [0.1, 0.15) is 31.9 Å². The van der Waals surface area contributed by atoms with Gasteiger partial charge in [-0.3, -0.25) is 19.7 Å². The number of aliphatic carboxylic acids is 1. The zero-order valence-corrected chi connectivity index (χ0v) is 18.8. The van der Waals surface area contributed by atoms with Crippen molar-refractivity contribution in [2.75, 3.05) is 12.0 Å². The second-order valence-electron chi connectivity index (χ2n) is 8.74. The summed E-state index contributed by atoms with van der Waals surface area (Å²) < 4.78 is 5.22. The van der Waals surface area contributed by atoms with Crippen LogP contribution in [0.5, 0.6) is 5.75 Å². The van der Waals surface area contributed by atoms with E-state index in [1.165, 1.54) is 0 Å². The van der Waals surface area contributed by atoms with Crippen molar-refractivity contribution in [2.24, 2.45) is 17.8 Å². The van der Waals surface area contributed by atoms with Gasteiger partial charge in [-0.15, -0.1) is 0 Å². The summed E-state index contributed by atoms with van der Waals surface area (Å²) >= 11 is 6.30. The average Bonchev–Trinajstić information content (AvgIpc) is 3.23. The first-order valence-electron chi connectivity index (χ1n) is 10.5. The van der Waals surface area contributed by atoms with Crippen LogP contribution < -0.4 is 15.0 Å². The maximum Gasteiger partial charge on any atom is 0.324 e. The molecule has 0 saturated carbocycles. The summed E-state index contributed by atoms with van der Waals surface area (Å²) in [5.41, 5.74) is -0.586. The predicted octanol–water partition coefficient (Wildman–Crippen LogP) is 3.67. The van der Waals surface area contributed by atoms with E-state index in [1.54, 1.807) is 55.6 Å². The quantitative estimate of drug-likeness (QED) is 0.644. The standard InChI is InChI=1S/C24H25ClN2O5/c1-13(2)12-24(23(30)31)19-18(20(26-24)14-8-10-15(32-3)11-9-14)21(28)27(22(19)29)17-7-5-4-6-16(17)25/h4-11,13,18-20,26H,12H2,1-3H3,(H,30,31). The van der Waals surface area contributed by atoms with Crippen molar-refractivity contribution in [1.82, 2.24) is 5.32 Å². The molecular weight excluding hydrogens is 432 g/mol. The molecular formula is C24H25ClN2O5. The minimum Gasteiger partial charge on any atom is -0.497 e. The van der Waals surface area contributed by atoms with Gasteiger partial charge in [-0.2, -0.15) is 0 Å². The maximum absolute atomic E-state index is 13.7. The summed E-state index contributed by atoms with van der Waals surface area (Å²) in [7, 11) is 1.55. The summed E-state index contributed by atoms with van der Waals surface area (Å²) in [6.45, 7) is 3.80. The fourth-order valence-electron chi connectivity index (χ4n) is 5.09. The Morgan fingerprint density at radius 1 is 1.16 bits per heavy atom. The maximum atomic E-state index is 13.7. The highest BCUT2D eigenvalue weighted by molar-refractivity contribution is 6.36. The van der Waals surface area contributed by atoms with Crippen LogP contribution in [0.15, 0.2) is 48.5 Å². The van der Waals surface area contributed by atoms with E-state index >= 15 is 0 Å². The van der Waals surface area contributed by atoms with Crippen LogP contribution in [-0.4, -0.2) is 35.5 Å². The number of nitrogens with zero attached hydrogens (tertiary/aromatic N) is 1. The van der Waals surface area contributed by atoms with Crippen molar-refractivity contribution in [3.05, 3.63) is 59.1 Å². The lowest BCUT2D eigenvalue weighted by molar-refractivity contribution is -0.149. The number of benzene rings is 2. The van der Waals surface area contributed by atoms with Gasteiger partial charge in [0.05, 0.1) is 29.7 Å². The molecule has 2 aliphatic rings. The van der Waals surface area contributed by atoms with E-state index in [0.717, 1.165) is 10.5 Å². The van der Waals surface area contributed by atoms with E-state index in [1.807, 2.05) is 13.8 Å². The molecule has 2 saturated heterocycles. The largest absolute Gasteiger partial charge is 0.497 e. The van der Waals surface area contributed by atoms with Crippen LogP contribution in [0, 0.1) is 17.8 Å². The summed E-state index contributed by atoms with van der Waals surface area (Å²) in [5, 5.41) is 13.8. The Labute approximate surface area is 191 Å². The van der Waals surface area contributed by atoms with Gasteiger partial charge < -0.3 is 9.84 Å². The number of imide groups is 1. The molecule has 0 aliphatic carbocycles. The molecule has 4 atom stereocenters. The number of hydrogen-bond donors (Lipinski definition) is 2. The fourth-order valence-corrected chi connectivity index (χ4v) is 5.31. The number of carboxylic acid groups (broad SMARTS) is 1. The second kappa shape index (κ2) is 8.22. The monoisotopic (exact) mass is 456 g/mol. The molecule has 2 N–H and O–H groups in total. The number of anilines is 1. The van der Waals surface area contributed by atoms with Crippen LogP contribution in [0.2, 0.25) is 5.02 Å². The van der Waals surface area contributed by atoms with Gasteiger partial charge in [0.25, 0.3) is 0 Å². The molecule has 2 amide bonds. The number of nitrogens with one attached hydrogen (secondary N) is 1. The van der Waals surface area contributed by atoms with Crippen LogP contribution in [-0.2, 0) is 14.4 Å². The number of amides is 2. The van der Waals surface area contributed by atoms with Gasteiger partial charge in [-0.25, -0.2) is 4.90 Å². The lowest BCUT2D eigenvalue weighted by Crippen LogP contribution is -2.56. The van der Waals surface area contributed by atoms with Crippen molar-refractivity contribution in [3.63, 3.8) is 0 Å². The smallest absolute Gasteiger partial charge is 0.324 e. The van der Waals surface area contributed by atoms with E-state index in [4.69, 9.17) is 16.3 Å². The van der Waals surface area contributed by atoms with Crippen LogP contribution >= 0.6 is 11.6 Å². The molecule has 7 nitrogen and oxygen atoms in total. The number of methoxy groups -OCH3 is 1. The zero-order chi connectivity index (χ0) is 23.2. The van der Waals surface area contributed by atoms with E-state index in [0.29, 0.717) is 5.75 Å². The van der Waals surface area contributed by atoms with Gasteiger partial charge in [-0.1, -0.05) is 49.7 Å². The number of fused-ring (bicyclic) bond motifs is 1. The third-order valence-corrected chi connectivity index (χ3v) is 6.65. The number of para-hydroxylation sites is 1. The molecule has 8 heteroatoms. The molecule has 2 aromatic carbocycles. The molecule has 2 aliphatic heterocycles. The van der Waals surface area contributed by atoms with E-state index in [-0.39, 0.29) is 23.0 Å².